The van der Waals surface area contributed by atoms with Crippen molar-refractivity contribution < 1.29 is 9.64 Å². The average Bonchev–Trinajstić information content (AvgIpc) is 2.68. The first-order valence-corrected chi connectivity index (χ1v) is 9.41. The lowest BCUT2D eigenvalue weighted by atomic mass is 10.2. The standard InChI is InChI=1S/C20H21ClN4O2/c1-27-16-4-2-3-15(12-16)25-9-7-24(8-10-25)13-19-22-18-11-14(21)5-6-17(18)20(26)23-19/h2-6,11-12H,7-10,13H2,1H3,(H,22,23,26)/p+1. The second-order valence-electron chi connectivity index (χ2n) is 6.79. The summed E-state index contributed by atoms with van der Waals surface area (Å²) in [7, 11) is 1.69. The third kappa shape index (κ3) is 3.91. The number of aromatic nitrogens is 2. The Balaban J connectivity index is 1.44. The summed E-state index contributed by atoms with van der Waals surface area (Å²) in [5, 5.41) is 1.16. The van der Waals surface area contributed by atoms with Gasteiger partial charge in [0.15, 0.2) is 5.82 Å². The van der Waals surface area contributed by atoms with Crippen molar-refractivity contribution in [3.63, 3.8) is 0 Å². The zero-order valence-electron chi connectivity index (χ0n) is 15.2. The van der Waals surface area contributed by atoms with Gasteiger partial charge in [0.1, 0.15) is 12.3 Å². The van der Waals surface area contributed by atoms with E-state index in [1.54, 1.807) is 25.3 Å². The van der Waals surface area contributed by atoms with E-state index in [-0.39, 0.29) is 5.56 Å². The number of H-pyrrole nitrogens is 1. The number of hydrogen-bond acceptors (Lipinski definition) is 4. The molecule has 1 fully saturated rings. The molecule has 1 aliphatic heterocycles. The summed E-state index contributed by atoms with van der Waals surface area (Å²) in [6, 6.07) is 13.3. The Labute approximate surface area is 162 Å². The lowest BCUT2D eigenvalue weighted by Gasteiger charge is -2.33. The third-order valence-corrected chi connectivity index (χ3v) is 5.26. The van der Waals surface area contributed by atoms with Crippen LogP contribution < -0.4 is 20.1 Å². The van der Waals surface area contributed by atoms with Crippen molar-refractivity contribution in [1.82, 2.24) is 9.97 Å². The highest BCUT2D eigenvalue weighted by Crippen LogP contribution is 2.20. The molecule has 0 radical (unpaired) electrons. The number of ether oxygens (including phenoxy) is 1. The molecule has 7 heteroatoms. The SMILES string of the molecule is COc1cccc(N2CC[NH+](Cc3nc4cc(Cl)ccc4c(=O)[nH]3)CC2)c1. The average molecular weight is 386 g/mol. The molecule has 1 saturated heterocycles. The number of anilines is 1. The maximum absolute atomic E-state index is 12.3. The Hall–Kier alpha value is -2.57. The quantitative estimate of drug-likeness (QED) is 0.714. The highest BCUT2D eigenvalue weighted by atomic mass is 35.5. The molecule has 140 valence electrons. The van der Waals surface area contributed by atoms with E-state index < -0.39 is 0 Å². The van der Waals surface area contributed by atoms with Crippen LogP contribution in [-0.4, -0.2) is 43.3 Å². The lowest BCUT2D eigenvalue weighted by molar-refractivity contribution is -0.915. The fourth-order valence-corrected chi connectivity index (χ4v) is 3.71. The van der Waals surface area contributed by atoms with E-state index in [0.29, 0.717) is 28.3 Å². The Morgan fingerprint density at radius 1 is 1.22 bits per heavy atom. The Morgan fingerprint density at radius 3 is 2.81 bits per heavy atom. The lowest BCUT2D eigenvalue weighted by Crippen LogP contribution is -3.13. The van der Waals surface area contributed by atoms with Gasteiger partial charge in [0, 0.05) is 16.8 Å². The van der Waals surface area contributed by atoms with E-state index in [1.807, 2.05) is 12.1 Å². The highest BCUT2D eigenvalue weighted by molar-refractivity contribution is 6.31. The predicted octanol–water partition coefficient (Wildman–Crippen LogP) is 1.49. The minimum atomic E-state index is -0.110. The van der Waals surface area contributed by atoms with Crippen LogP contribution in [0.25, 0.3) is 10.9 Å². The molecule has 6 nitrogen and oxygen atoms in total. The first kappa shape index (κ1) is 17.8. The van der Waals surface area contributed by atoms with E-state index in [9.17, 15) is 4.79 Å². The molecule has 2 aromatic carbocycles. The Kier molecular flexibility index (Phi) is 5.01. The molecule has 0 aliphatic carbocycles. The summed E-state index contributed by atoms with van der Waals surface area (Å²) in [6.45, 7) is 4.56. The number of quaternary nitrogens is 1. The molecule has 1 aromatic heterocycles. The van der Waals surface area contributed by atoms with Crippen LogP contribution >= 0.6 is 11.6 Å². The van der Waals surface area contributed by atoms with E-state index >= 15 is 0 Å². The van der Waals surface area contributed by atoms with Gasteiger partial charge < -0.3 is 19.5 Å². The number of rotatable bonds is 4. The summed E-state index contributed by atoms with van der Waals surface area (Å²) in [6.07, 6.45) is 0. The van der Waals surface area contributed by atoms with Crippen molar-refractivity contribution in [3.8, 4) is 5.75 Å². The van der Waals surface area contributed by atoms with E-state index in [4.69, 9.17) is 16.3 Å². The van der Waals surface area contributed by atoms with Crippen LogP contribution in [0.15, 0.2) is 47.3 Å². The molecule has 0 saturated carbocycles. The molecule has 1 aliphatic rings. The number of nitrogens with zero attached hydrogens (tertiary/aromatic N) is 2. The van der Waals surface area contributed by atoms with Crippen LogP contribution in [0.3, 0.4) is 0 Å². The monoisotopic (exact) mass is 385 g/mol. The Morgan fingerprint density at radius 2 is 2.04 bits per heavy atom. The van der Waals surface area contributed by atoms with Crippen molar-refractivity contribution in [2.75, 3.05) is 38.2 Å². The molecule has 4 rings (SSSR count). The molecule has 27 heavy (non-hydrogen) atoms. The van der Waals surface area contributed by atoms with Crippen molar-refractivity contribution in [2.24, 2.45) is 0 Å². The summed E-state index contributed by atoms with van der Waals surface area (Å²) in [4.78, 5) is 23.6. The first-order valence-electron chi connectivity index (χ1n) is 9.03. The van der Waals surface area contributed by atoms with Crippen LogP contribution in [-0.2, 0) is 6.54 Å². The van der Waals surface area contributed by atoms with E-state index in [2.05, 4.69) is 27.0 Å². The highest BCUT2D eigenvalue weighted by Gasteiger charge is 2.21. The molecule has 0 bridgehead atoms. The molecule has 0 unspecified atom stereocenters. The maximum atomic E-state index is 12.3. The molecule has 3 aromatic rings. The second-order valence-corrected chi connectivity index (χ2v) is 7.23. The fourth-order valence-electron chi connectivity index (χ4n) is 3.55. The van der Waals surface area contributed by atoms with Crippen molar-refractivity contribution >= 4 is 28.2 Å². The van der Waals surface area contributed by atoms with E-state index in [0.717, 1.165) is 31.9 Å². The topological polar surface area (TPSA) is 62.7 Å². The normalized spacial score (nSPS) is 15.3. The fraction of sp³-hybridized carbons (Fsp3) is 0.300. The minimum absolute atomic E-state index is 0.110. The van der Waals surface area contributed by atoms with Gasteiger partial charge in [-0.15, -0.1) is 0 Å². The van der Waals surface area contributed by atoms with Gasteiger partial charge in [-0.3, -0.25) is 4.79 Å². The smallest absolute Gasteiger partial charge is 0.258 e. The van der Waals surface area contributed by atoms with Crippen LogP contribution in [0.1, 0.15) is 5.82 Å². The second kappa shape index (κ2) is 7.58. The Bertz CT molecular complexity index is 1010. The summed E-state index contributed by atoms with van der Waals surface area (Å²) < 4.78 is 5.32. The van der Waals surface area contributed by atoms with Gasteiger partial charge in [0.25, 0.3) is 5.56 Å². The number of aromatic amines is 1. The van der Waals surface area contributed by atoms with Gasteiger partial charge in [0.2, 0.25) is 0 Å². The van der Waals surface area contributed by atoms with E-state index in [1.165, 1.54) is 10.6 Å². The summed E-state index contributed by atoms with van der Waals surface area (Å²) in [5.41, 5.74) is 1.72. The van der Waals surface area contributed by atoms with Crippen molar-refractivity contribution in [1.29, 1.82) is 0 Å². The van der Waals surface area contributed by atoms with Gasteiger partial charge in [-0.2, -0.15) is 0 Å². The summed E-state index contributed by atoms with van der Waals surface area (Å²) in [5.74, 6) is 1.58. The first-order chi connectivity index (χ1) is 13.1. The largest absolute Gasteiger partial charge is 0.497 e. The van der Waals surface area contributed by atoms with Gasteiger partial charge in [-0.1, -0.05) is 17.7 Å². The third-order valence-electron chi connectivity index (χ3n) is 5.02. The number of fused-ring (bicyclic) bond motifs is 1. The number of nitrogens with one attached hydrogen (secondary N) is 2. The predicted molar refractivity (Wildman–Crippen MR) is 107 cm³/mol. The van der Waals surface area contributed by atoms with Crippen LogP contribution in [0.2, 0.25) is 5.02 Å². The number of halogens is 1. The van der Waals surface area contributed by atoms with Crippen LogP contribution in [0.5, 0.6) is 5.75 Å². The summed E-state index contributed by atoms with van der Waals surface area (Å²) >= 11 is 6.04. The molecule has 0 amide bonds. The van der Waals surface area contributed by atoms with Gasteiger partial charge >= 0.3 is 0 Å². The van der Waals surface area contributed by atoms with Crippen molar-refractivity contribution in [3.05, 3.63) is 63.7 Å². The maximum Gasteiger partial charge on any atom is 0.258 e. The molecule has 0 spiro atoms. The molecular formula is C20H22ClN4O2+. The number of methoxy groups -OCH3 is 1. The number of hydrogen-bond donors (Lipinski definition) is 2. The minimum Gasteiger partial charge on any atom is -0.497 e. The van der Waals surface area contributed by atoms with Crippen LogP contribution in [0, 0.1) is 0 Å². The molecule has 2 N–H and O–H groups in total. The molecular weight excluding hydrogens is 364 g/mol. The molecule has 0 atom stereocenters. The molecule has 2 heterocycles. The van der Waals surface area contributed by atoms with Crippen molar-refractivity contribution in [2.45, 2.75) is 6.54 Å². The van der Waals surface area contributed by atoms with Gasteiger partial charge in [-0.05, 0) is 30.3 Å². The van der Waals surface area contributed by atoms with Crippen LogP contribution in [0.4, 0.5) is 5.69 Å². The zero-order valence-corrected chi connectivity index (χ0v) is 15.9. The van der Waals surface area contributed by atoms with Gasteiger partial charge in [0.05, 0.1) is 44.2 Å². The number of piperazine rings is 1. The van der Waals surface area contributed by atoms with Gasteiger partial charge in [-0.25, -0.2) is 4.98 Å². The zero-order chi connectivity index (χ0) is 18.8. The number of benzene rings is 2.